The Morgan fingerprint density at radius 3 is 2.89 bits per heavy atom. The van der Waals surface area contributed by atoms with E-state index >= 15 is 0 Å². The zero-order chi connectivity index (χ0) is 6.69. The van der Waals surface area contributed by atoms with Crippen LogP contribution in [0.5, 0.6) is 0 Å². The summed E-state index contributed by atoms with van der Waals surface area (Å²) in [5.74, 6) is 0. The van der Waals surface area contributed by atoms with Crippen molar-refractivity contribution in [2.45, 2.75) is 13.0 Å². The van der Waals surface area contributed by atoms with Gasteiger partial charge in [-0.1, -0.05) is 0 Å². The third kappa shape index (κ3) is 1.64. The van der Waals surface area contributed by atoms with E-state index in [1.807, 2.05) is 7.05 Å². The minimum Gasteiger partial charge on any atom is -0.378 e. The molecule has 3 heteroatoms. The SMILES string of the molecule is CNN1CCOCC1C. The molecule has 1 unspecified atom stereocenters. The number of hydrogen-bond donors (Lipinski definition) is 1. The smallest absolute Gasteiger partial charge is 0.0633 e. The van der Waals surface area contributed by atoms with Gasteiger partial charge in [-0.15, -0.1) is 0 Å². The van der Waals surface area contributed by atoms with Gasteiger partial charge in [0.15, 0.2) is 0 Å². The maximum absolute atomic E-state index is 5.23. The number of hydrazine groups is 1. The van der Waals surface area contributed by atoms with Crippen LogP contribution >= 0.6 is 0 Å². The summed E-state index contributed by atoms with van der Waals surface area (Å²) < 4.78 is 5.23. The predicted octanol–water partition coefficient (Wildman–Crippen LogP) is -0.159. The van der Waals surface area contributed by atoms with E-state index in [2.05, 4.69) is 17.4 Å². The number of hydrogen-bond acceptors (Lipinski definition) is 3. The Balaban J connectivity index is 2.30. The lowest BCUT2D eigenvalue weighted by atomic mass is 10.3. The highest BCUT2D eigenvalue weighted by Gasteiger charge is 2.15. The molecule has 0 amide bonds. The summed E-state index contributed by atoms with van der Waals surface area (Å²) >= 11 is 0. The van der Waals surface area contributed by atoms with Gasteiger partial charge in [0.2, 0.25) is 0 Å². The highest BCUT2D eigenvalue weighted by atomic mass is 16.5. The first kappa shape index (κ1) is 6.99. The van der Waals surface area contributed by atoms with Gasteiger partial charge >= 0.3 is 0 Å². The first-order chi connectivity index (χ1) is 4.34. The lowest BCUT2D eigenvalue weighted by Gasteiger charge is -2.31. The van der Waals surface area contributed by atoms with Crippen molar-refractivity contribution in [3.8, 4) is 0 Å². The Labute approximate surface area is 56.0 Å². The highest BCUT2D eigenvalue weighted by Crippen LogP contribution is 2.00. The molecule has 1 fully saturated rings. The minimum atomic E-state index is 0.517. The van der Waals surface area contributed by atoms with Crippen molar-refractivity contribution in [1.29, 1.82) is 0 Å². The van der Waals surface area contributed by atoms with Gasteiger partial charge in [0.05, 0.1) is 13.2 Å². The molecule has 9 heavy (non-hydrogen) atoms. The van der Waals surface area contributed by atoms with Crippen LogP contribution in [0.2, 0.25) is 0 Å². The van der Waals surface area contributed by atoms with Crippen LogP contribution in [0.25, 0.3) is 0 Å². The largest absolute Gasteiger partial charge is 0.378 e. The number of nitrogens with one attached hydrogen (secondary N) is 1. The van der Waals surface area contributed by atoms with E-state index in [0.717, 1.165) is 19.8 Å². The standard InChI is InChI=1S/C6H14N2O/c1-6-5-9-4-3-8(6)7-2/h6-7H,3-5H2,1-2H3. The summed E-state index contributed by atoms with van der Waals surface area (Å²) in [5, 5.41) is 2.18. The third-order valence-electron chi connectivity index (χ3n) is 1.65. The van der Waals surface area contributed by atoms with E-state index in [1.54, 1.807) is 0 Å². The summed E-state index contributed by atoms with van der Waals surface area (Å²) in [6.07, 6.45) is 0. The summed E-state index contributed by atoms with van der Waals surface area (Å²) in [7, 11) is 1.95. The molecule has 1 aliphatic rings. The van der Waals surface area contributed by atoms with Gasteiger partial charge in [0.25, 0.3) is 0 Å². The molecule has 0 aromatic heterocycles. The van der Waals surface area contributed by atoms with Crippen molar-refractivity contribution in [1.82, 2.24) is 10.4 Å². The van der Waals surface area contributed by atoms with Crippen LogP contribution in [-0.2, 0) is 4.74 Å². The van der Waals surface area contributed by atoms with E-state index in [4.69, 9.17) is 4.74 Å². The fourth-order valence-corrected chi connectivity index (χ4v) is 1.06. The van der Waals surface area contributed by atoms with Gasteiger partial charge in [-0.2, -0.15) is 0 Å². The van der Waals surface area contributed by atoms with Crippen LogP contribution in [0.3, 0.4) is 0 Å². The molecule has 1 heterocycles. The molecule has 1 saturated heterocycles. The second-order valence-electron chi connectivity index (χ2n) is 2.34. The predicted molar refractivity (Wildman–Crippen MR) is 36.0 cm³/mol. The van der Waals surface area contributed by atoms with Crippen molar-refractivity contribution in [3.05, 3.63) is 0 Å². The zero-order valence-corrected chi connectivity index (χ0v) is 6.05. The Morgan fingerprint density at radius 1 is 1.67 bits per heavy atom. The maximum Gasteiger partial charge on any atom is 0.0633 e. The zero-order valence-electron chi connectivity index (χ0n) is 6.05. The van der Waals surface area contributed by atoms with E-state index < -0.39 is 0 Å². The summed E-state index contributed by atoms with van der Waals surface area (Å²) in [4.78, 5) is 0. The van der Waals surface area contributed by atoms with Crippen LogP contribution in [0.1, 0.15) is 6.92 Å². The third-order valence-corrected chi connectivity index (χ3v) is 1.65. The van der Waals surface area contributed by atoms with Crippen LogP contribution in [0, 0.1) is 0 Å². The van der Waals surface area contributed by atoms with Crippen molar-refractivity contribution in [2.24, 2.45) is 0 Å². The van der Waals surface area contributed by atoms with Crippen molar-refractivity contribution < 1.29 is 4.74 Å². The van der Waals surface area contributed by atoms with Gasteiger partial charge in [-0.3, -0.25) is 5.43 Å². The Kier molecular flexibility index (Phi) is 2.45. The first-order valence-corrected chi connectivity index (χ1v) is 3.36. The molecule has 0 aromatic rings. The number of morpholine rings is 1. The van der Waals surface area contributed by atoms with Gasteiger partial charge in [-0.25, -0.2) is 5.01 Å². The Bertz CT molecular complexity index is 87.1. The molecule has 1 atom stereocenters. The lowest BCUT2D eigenvalue weighted by Crippen LogP contribution is -2.49. The van der Waals surface area contributed by atoms with E-state index in [1.165, 1.54) is 0 Å². The quantitative estimate of drug-likeness (QED) is 0.534. The molecular formula is C6H14N2O. The molecule has 0 aliphatic carbocycles. The second-order valence-corrected chi connectivity index (χ2v) is 2.34. The van der Waals surface area contributed by atoms with Gasteiger partial charge in [0.1, 0.15) is 0 Å². The molecule has 1 rings (SSSR count). The van der Waals surface area contributed by atoms with Crippen LogP contribution in [-0.4, -0.2) is 37.9 Å². The fraction of sp³-hybridized carbons (Fsp3) is 1.00. The molecule has 1 aliphatic heterocycles. The van der Waals surface area contributed by atoms with E-state index in [0.29, 0.717) is 6.04 Å². The van der Waals surface area contributed by atoms with E-state index in [-0.39, 0.29) is 0 Å². The molecule has 54 valence electrons. The molecule has 0 bridgehead atoms. The molecule has 0 saturated carbocycles. The average molecular weight is 130 g/mol. The van der Waals surface area contributed by atoms with Crippen LogP contribution in [0.4, 0.5) is 0 Å². The Hall–Kier alpha value is -0.120. The van der Waals surface area contributed by atoms with Gasteiger partial charge in [0, 0.05) is 12.6 Å². The van der Waals surface area contributed by atoms with Crippen molar-refractivity contribution in [2.75, 3.05) is 26.8 Å². The summed E-state index contributed by atoms with van der Waals surface area (Å²) in [5.41, 5.74) is 3.11. The van der Waals surface area contributed by atoms with Crippen LogP contribution in [0.15, 0.2) is 0 Å². The minimum absolute atomic E-state index is 0.517. The molecule has 1 N–H and O–H groups in total. The second kappa shape index (κ2) is 3.15. The van der Waals surface area contributed by atoms with Crippen molar-refractivity contribution in [3.63, 3.8) is 0 Å². The van der Waals surface area contributed by atoms with E-state index in [9.17, 15) is 0 Å². The molecule has 0 aromatic carbocycles. The summed E-state index contributed by atoms with van der Waals surface area (Å²) in [6.45, 7) is 4.85. The highest BCUT2D eigenvalue weighted by molar-refractivity contribution is 4.65. The average Bonchev–Trinajstić information content (AvgIpc) is 1.89. The van der Waals surface area contributed by atoms with Gasteiger partial charge < -0.3 is 4.74 Å². The molecule has 3 nitrogen and oxygen atoms in total. The summed E-state index contributed by atoms with van der Waals surface area (Å²) in [6, 6.07) is 0.517. The maximum atomic E-state index is 5.23. The molecule has 0 radical (unpaired) electrons. The number of nitrogens with zero attached hydrogens (tertiary/aromatic N) is 1. The number of rotatable bonds is 1. The molecular weight excluding hydrogens is 116 g/mol. The number of ether oxygens (including phenoxy) is 1. The monoisotopic (exact) mass is 130 g/mol. The lowest BCUT2D eigenvalue weighted by molar-refractivity contribution is -0.0222. The van der Waals surface area contributed by atoms with Gasteiger partial charge in [-0.05, 0) is 14.0 Å². The topological polar surface area (TPSA) is 24.5 Å². The fourth-order valence-electron chi connectivity index (χ4n) is 1.06. The van der Waals surface area contributed by atoms with Crippen LogP contribution < -0.4 is 5.43 Å². The molecule has 0 spiro atoms. The first-order valence-electron chi connectivity index (χ1n) is 3.36. The normalized spacial score (nSPS) is 30.7. The van der Waals surface area contributed by atoms with Crippen molar-refractivity contribution >= 4 is 0 Å². The Morgan fingerprint density at radius 2 is 2.44 bits per heavy atom.